The Morgan fingerprint density at radius 2 is 2.12 bits per heavy atom. The highest BCUT2D eigenvalue weighted by molar-refractivity contribution is 5.36. The molecular weight excluding hydrogens is 214 g/mol. The molecule has 1 unspecified atom stereocenters. The molecule has 0 aliphatic carbocycles. The minimum atomic E-state index is -0.668. The lowest BCUT2D eigenvalue weighted by Gasteiger charge is -2.14. The van der Waals surface area contributed by atoms with E-state index in [0.29, 0.717) is 0 Å². The van der Waals surface area contributed by atoms with Crippen molar-refractivity contribution in [3.63, 3.8) is 0 Å². The van der Waals surface area contributed by atoms with E-state index >= 15 is 0 Å². The molecule has 0 radical (unpaired) electrons. The first-order chi connectivity index (χ1) is 8.22. The standard InChI is InChI=1S/C14H15NO2/c1-10-6-7-15-9-13(10)14(16)11-4-3-5-12(8-11)17-2/h3-9,14,16H,1-2H3. The van der Waals surface area contributed by atoms with E-state index in [9.17, 15) is 5.11 Å². The predicted octanol–water partition coefficient (Wildman–Crippen LogP) is 2.48. The third kappa shape index (κ3) is 2.45. The molecule has 0 fully saturated rings. The Balaban J connectivity index is 2.37. The average molecular weight is 229 g/mol. The van der Waals surface area contributed by atoms with Crippen molar-refractivity contribution in [1.82, 2.24) is 4.98 Å². The van der Waals surface area contributed by atoms with Gasteiger partial charge in [0.2, 0.25) is 0 Å². The number of aryl methyl sites for hydroxylation is 1. The molecule has 0 aliphatic heterocycles. The lowest BCUT2D eigenvalue weighted by molar-refractivity contribution is 0.218. The molecular formula is C14H15NO2. The van der Waals surface area contributed by atoms with E-state index in [4.69, 9.17) is 4.74 Å². The number of aliphatic hydroxyl groups is 1. The Morgan fingerprint density at radius 3 is 2.82 bits per heavy atom. The number of benzene rings is 1. The summed E-state index contributed by atoms with van der Waals surface area (Å²) in [6.45, 7) is 1.96. The van der Waals surface area contributed by atoms with Crippen LogP contribution in [-0.4, -0.2) is 17.2 Å². The third-order valence-corrected chi connectivity index (χ3v) is 2.78. The van der Waals surface area contributed by atoms with Gasteiger partial charge in [-0.2, -0.15) is 0 Å². The molecule has 3 heteroatoms. The summed E-state index contributed by atoms with van der Waals surface area (Å²) in [5.41, 5.74) is 2.65. The minimum Gasteiger partial charge on any atom is -0.497 e. The first kappa shape index (κ1) is 11.6. The zero-order chi connectivity index (χ0) is 12.3. The highest BCUT2D eigenvalue weighted by Crippen LogP contribution is 2.26. The topological polar surface area (TPSA) is 42.4 Å². The number of hydrogen-bond donors (Lipinski definition) is 1. The molecule has 1 aromatic heterocycles. The molecule has 1 atom stereocenters. The average Bonchev–Trinajstić information content (AvgIpc) is 2.38. The van der Waals surface area contributed by atoms with Crippen molar-refractivity contribution in [2.45, 2.75) is 13.0 Å². The van der Waals surface area contributed by atoms with Crippen LogP contribution in [0.25, 0.3) is 0 Å². The molecule has 2 rings (SSSR count). The van der Waals surface area contributed by atoms with Gasteiger partial charge in [0, 0.05) is 18.0 Å². The molecule has 0 aliphatic rings. The normalized spacial score (nSPS) is 12.2. The number of ether oxygens (including phenoxy) is 1. The van der Waals surface area contributed by atoms with Crippen molar-refractivity contribution in [2.75, 3.05) is 7.11 Å². The fraction of sp³-hybridized carbons (Fsp3) is 0.214. The summed E-state index contributed by atoms with van der Waals surface area (Å²) < 4.78 is 5.14. The molecule has 0 saturated carbocycles. The van der Waals surface area contributed by atoms with Gasteiger partial charge in [0.05, 0.1) is 7.11 Å². The summed E-state index contributed by atoms with van der Waals surface area (Å²) in [4.78, 5) is 4.04. The number of pyridine rings is 1. The maximum atomic E-state index is 10.3. The van der Waals surface area contributed by atoms with Gasteiger partial charge >= 0.3 is 0 Å². The summed E-state index contributed by atoms with van der Waals surface area (Å²) in [7, 11) is 1.61. The van der Waals surface area contributed by atoms with Gasteiger partial charge in [0.25, 0.3) is 0 Å². The van der Waals surface area contributed by atoms with Crippen LogP contribution < -0.4 is 4.74 Å². The predicted molar refractivity (Wildman–Crippen MR) is 66.0 cm³/mol. The molecule has 1 aromatic carbocycles. The molecule has 0 bridgehead atoms. The Labute approximate surface area is 101 Å². The van der Waals surface area contributed by atoms with E-state index in [1.165, 1.54) is 0 Å². The van der Waals surface area contributed by atoms with Crippen LogP contribution in [0, 0.1) is 6.92 Å². The molecule has 1 N–H and O–H groups in total. The zero-order valence-electron chi connectivity index (χ0n) is 9.92. The number of rotatable bonds is 3. The fourth-order valence-electron chi connectivity index (χ4n) is 1.75. The van der Waals surface area contributed by atoms with E-state index in [1.807, 2.05) is 37.3 Å². The maximum absolute atomic E-state index is 10.3. The maximum Gasteiger partial charge on any atom is 0.119 e. The van der Waals surface area contributed by atoms with E-state index in [-0.39, 0.29) is 0 Å². The van der Waals surface area contributed by atoms with Crippen LogP contribution in [0.1, 0.15) is 22.8 Å². The molecule has 3 nitrogen and oxygen atoms in total. The van der Waals surface area contributed by atoms with Crippen molar-refractivity contribution in [1.29, 1.82) is 0 Å². The Morgan fingerprint density at radius 1 is 1.29 bits per heavy atom. The Hall–Kier alpha value is -1.87. The SMILES string of the molecule is COc1cccc(C(O)c2cnccc2C)c1. The van der Waals surface area contributed by atoms with Crippen LogP contribution in [0.15, 0.2) is 42.7 Å². The van der Waals surface area contributed by atoms with Crippen molar-refractivity contribution in [2.24, 2.45) is 0 Å². The Bertz CT molecular complexity index is 511. The summed E-state index contributed by atoms with van der Waals surface area (Å²) in [5.74, 6) is 0.739. The van der Waals surface area contributed by atoms with Gasteiger partial charge in [-0.3, -0.25) is 4.98 Å². The number of methoxy groups -OCH3 is 1. The van der Waals surface area contributed by atoms with E-state index in [0.717, 1.165) is 22.4 Å². The van der Waals surface area contributed by atoms with E-state index < -0.39 is 6.10 Å². The van der Waals surface area contributed by atoms with Gasteiger partial charge in [-0.15, -0.1) is 0 Å². The zero-order valence-corrected chi connectivity index (χ0v) is 9.92. The van der Waals surface area contributed by atoms with E-state index in [2.05, 4.69) is 4.98 Å². The van der Waals surface area contributed by atoms with Crippen LogP contribution in [0.3, 0.4) is 0 Å². The molecule has 0 saturated heterocycles. The van der Waals surface area contributed by atoms with Gasteiger partial charge < -0.3 is 9.84 Å². The van der Waals surface area contributed by atoms with Crippen LogP contribution >= 0.6 is 0 Å². The molecule has 1 heterocycles. The first-order valence-electron chi connectivity index (χ1n) is 5.45. The monoisotopic (exact) mass is 229 g/mol. The highest BCUT2D eigenvalue weighted by Gasteiger charge is 2.13. The van der Waals surface area contributed by atoms with Crippen LogP contribution in [-0.2, 0) is 0 Å². The van der Waals surface area contributed by atoms with Crippen molar-refractivity contribution < 1.29 is 9.84 Å². The van der Waals surface area contributed by atoms with Gasteiger partial charge in [-0.25, -0.2) is 0 Å². The van der Waals surface area contributed by atoms with Crippen LogP contribution in [0.5, 0.6) is 5.75 Å². The lowest BCUT2D eigenvalue weighted by Crippen LogP contribution is -2.02. The summed E-state index contributed by atoms with van der Waals surface area (Å²) >= 11 is 0. The van der Waals surface area contributed by atoms with Crippen molar-refractivity contribution in [3.8, 4) is 5.75 Å². The largest absolute Gasteiger partial charge is 0.497 e. The number of hydrogen-bond acceptors (Lipinski definition) is 3. The first-order valence-corrected chi connectivity index (χ1v) is 5.45. The number of aromatic nitrogens is 1. The number of nitrogens with zero attached hydrogens (tertiary/aromatic N) is 1. The van der Waals surface area contributed by atoms with Gasteiger partial charge in [0.1, 0.15) is 11.9 Å². The van der Waals surface area contributed by atoms with Crippen LogP contribution in [0.2, 0.25) is 0 Å². The van der Waals surface area contributed by atoms with Gasteiger partial charge in [-0.1, -0.05) is 12.1 Å². The second-order valence-corrected chi connectivity index (χ2v) is 3.91. The molecule has 0 amide bonds. The minimum absolute atomic E-state index is 0.668. The second kappa shape index (κ2) is 4.97. The fourth-order valence-corrected chi connectivity index (χ4v) is 1.75. The smallest absolute Gasteiger partial charge is 0.119 e. The van der Waals surface area contributed by atoms with Crippen LogP contribution in [0.4, 0.5) is 0 Å². The quantitative estimate of drug-likeness (QED) is 0.879. The van der Waals surface area contributed by atoms with Crippen molar-refractivity contribution in [3.05, 3.63) is 59.4 Å². The molecule has 88 valence electrons. The highest BCUT2D eigenvalue weighted by atomic mass is 16.5. The molecule has 2 aromatic rings. The summed E-state index contributed by atoms with van der Waals surface area (Å²) in [6.07, 6.45) is 2.75. The molecule has 0 spiro atoms. The molecule has 17 heavy (non-hydrogen) atoms. The summed E-state index contributed by atoms with van der Waals surface area (Å²) in [5, 5.41) is 10.3. The second-order valence-electron chi connectivity index (χ2n) is 3.91. The number of aliphatic hydroxyl groups excluding tert-OH is 1. The summed E-state index contributed by atoms with van der Waals surface area (Å²) in [6, 6.07) is 9.31. The van der Waals surface area contributed by atoms with Gasteiger partial charge in [0.15, 0.2) is 0 Å². The Kier molecular flexibility index (Phi) is 3.40. The van der Waals surface area contributed by atoms with Gasteiger partial charge in [-0.05, 0) is 36.2 Å². The van der Waals surface area contributed by atoms with E-state index in [1.54, 1.807) is 19.5 Å². The third-order valence-electron chi connectivity index (χ3n) is 2.78. The lowest BCUT2D eigenvalue weighted by atomic mass is 9.99. The van der Waals surface area contributed by atoms with Crippen molar-refractivity contribution >= 4 is 0 Å².